The number of carboxylic acid groups (broad SMARTS) is 1. The van der Waals surface area contributed by atoms with Crippen molar-refractivity contribution in [2.24, 2.45) is 11.8 Å². The summed E-state index contributed by atoms with van der Waals surface area (Å²) in [4.78, 5) is 41.6. The lowest BCUT2D eigenvalue weighted by atomic mass is 9.47. The van der Waals surface area contributed by atoms with Crippen LogP contribution in [0, 0.1) is 11.8 Å². The third-order valence-electron chi connectivity index (χ3n) is 6.97. The summed E-state index contributed by atoms with van der Waals surface area (Å²) in [6.07, 6.45) is 0. The van der Waals surface area contributed by atoms with Crippen molar-refractivity contribution in [2.45, 2.75) is 11.3 Å². The number of imide groups is 1. The van der Waals surface area contributed by atoms with Crippen LogP contribution in [0.4, 0.5) is 5.69 Å². The Labute approximate surface area is 172 Å². The van der Waals surface area contributed by atoms with E-state index >= 15 is 0 Å². The van der Waals surface area contributed by atoms with E-state index in [1.54, 1.807) is 48.5 Å². The second-order valence-electron chi connectivity index (χ2n) is 8.12. The predicted molar refractivity (Wildman–Crippen MR) is 109 cm³/mol. The molecule has 3 aliphatic carbocycles. The van der Waals surface area contributed by atoms with Crippen molar-refractivity contribution in [3.8, 4) is 0 Å². The van der Waals surface area contributed by atoms with Crippen LogP contribution >= 0.6 is 0 Å². The summed E-state index contributed by atoms with van der Waals surface area (Å²) in [5.41, 5.74) is 1.81. The topological polar surface area (TPSA) is 74.7 Å². The Kier molecular flexibility index (Phi) is 3.24. The highest BCUT2D eigenvalue weighted by Crippen LogP contribution is 2.64. The molecular weight excluding hydrogens is 378 g/mol. The summed E-state index contributed by atoms with van der Waals surface area (Å²) in [6.45, 7) is 0. The molecule has 2 amide bonds. The van der Waals surface area contributed by atoms with Crippen molar-refractivity contribution < 1.29 is 19.5 Å². The van der Waals surface area contributed by atoms with Gasteiger partial charge < -0.3 is 5.11 Å². The highest BCUT2D eigenvalue weighted by atomic mass is 16.4. The minimum atomic E-state index is -1.58. The lowest BCUT2D eigenvalue weighted by molar-refractivity contribution is -0.149. The SMILES string of the molecule is O=C1C2[C@H](C(=O)N1c1ccccc1)C1c3ccccc3C2(C(=O)O)c2ccccc21. The Balaban J connectivity index is 1.70. The third-order valence-corrected chi connectivity index (χ3v) is 6.97. The number of carboxylic acids is 1. The number of amides is 2. The quantitative estimate of drug-likeness (QED) is 0.676. The summed E-state index contributed by atoms with van der Waals surface area (Å²) in [5.74, 6) is -3.90. The molecule has 1 fully saturated rings. The van der Waals surface area contributed by atoms with Crippen LogP contribution in [-0.2, 0) is 19.8 Å². The van der Waals surface area contributed by atoms with Gasteiger partial charge in [-0.3, -0.25) is 14.4 Å². The number of carbonyl (C=O) groups is 3. The van der Waals surface area contributed by atoms with Gasteiger partial charge in [0.05, 0.1) is 17.5 Å². The molecule has 4 aliphatic rings. The fraction of sp³-hybridized carbons (Fsp3) is 0.160. The maximum Gasteiger partial charge on any atom is 0.319 e. The van der Waals surface area contributed by atoms with E-state index in [1.807, 2.05) is 30.3 Å². The summed E-state index contributed by atoms with van der Waals surface area (Å²) >= 11 is 0. The van der Waals surface area contributed by atoms with E-state index in [4.69, 9.17) is 0 Å². The van der Waals surface area contributed by atoms with E-state index in [1.165, 1.54) is 4.90 Å². The van der Waals surface area contributed by atoms with Crippen LogP contribution < -0.4 is 4.90 Å². The molecule has 2 atom stereocenters. The number of nitrogens with zero attached hydrogens (tertiary/aromatic N) is 1. The van der Waals surface area contributed by atoms with Gasteiger partial charge in [0.1, 0.15) is 5.41 Å². The zero-order chi connectivity index (χ0) is 20.6. The molecule has 1 N–H and O–H groups in total. The van der Waals surface area contributed by atoms with E-state index in [-0.39, 0.29) is 11.8 Å². The largest absolute Gasteiger partial charge is 0.480 e. The predicted octanol–water partition coefficient (Wildman–Crippen LogP) is 3.32. The van der Waals surface area contributed by atoms with Gasteiger partial charge in [0.15, 0.2) is 0 Å². The number of hydrogen-bond donors (Lipinski definition) is 1. The van der Waals surface area contributed by atoms with Crippen molar-refractivity contribution in [1.29, 1.82) is 0 Å². The highest BCUT2D eigenvalue weighted by Gasteiger charge is 2.71. The molecule has 0 radical (unpaired) electrons. The average Bonchev–Trinajstić information content (AvgIpc) is 3.05. The molecule has 146 valence electrons. The Morgan fingerprint density at radius 3 is 1.87 bits per heavy atom. The first-order valence-corrected chi connectivity index (χ1v) is 9.93. The summed E-state index contributed by atoms with van der Waals surface area (Å²) < 4.78 is 0. The van der Waals surface area contributed by atoms with E-state index in [9.17, 15) is 19.5 Å². The highest BCUT2D eigenvalue weighted by molar-refractivity contribution is 6.25. The van der Waals surface area contributed by atoms with Crippen LogP contribution in [0.25, 0.3) is 0 Å². The van der Waals surface area contributed by atoms with Gasteiger partial charge in [0.25, 0.3) is 0 Å². The number of benzene rings is 3. The van der Waals surface area contributed by atoms with Crippen LogP contribution in [-0.4, -0.2) is 22.9 Å². The van der Waals surface area contributed by atoms with Gasteiger partial charge in [-0.2, -0.15) is 0 Å². The number of para-hydroxylation sites is 1. The molecule has 0 saturated carbocycles. The molecule has 7 rings (SSSR count). The molecule has 1 saturated heterocycles. The van der Waals surface area contributed by atoms with Gasteiger partial charge >= 0.3 is 5.97 Å². The maximum absolute atomic E-state index is 13.7. The van der Waals surface area contributed by atoms with Crippen LogP contribution in [0.2, 0.25) is 0 Å². The molecule has 5 heteroatoms. The molecule has 3 aromatic rings. The third kappa shape index (κ3) is 1.77. The Morgan fingerprint density at radius 1 is 0.767 bits per heavy atom. The molecule has 0 aromatic heterocycles. The molecule has 30 heavy (non-hydrogen) atoms. The standard InChI is InChI=1S/C25H17NO4/c27-22-20-19-15-10-4-6-12-17(15)25(24(29)30,18-13-7-5-11-16(18)19)21(20)23(28)26(22)14-8-2-1-3-9-14/h1-13,19-21H,(H,29,30)/t19?,20-,21?,25?/m1/s1. The van der Waals surface area contributed by atoms with Gasteiger partial charge in [-0.15, -0.1) is 0 Å². The van der Waals surface area contributed by atoms with E-state index < -0.39 is 29.1 Å². The van der Waals surface area contributed by atoms with Crippen molar-refractivity contribution in [2.75, 3.05) is 4.90 Å². The summed E-state index contributed by atoms with van der Waals surface area (Å²) in [6, 6.07) is 23.5. The number of rotatable bonds is 2. The van der Waals surface area contributed by atoms with Gasteiger partial charge in [-0.1, -0.05) is 66.7 Å². The molecule has 1 heterocycles. The Hall–Kier alpha value is -3.73. The van der Waals surface area contributed by atoms with E-state index in [0.29, 0.717) is 16.8 Å². The second kappa shape index (κ2) is 5.66. The molecular formula is C25H17NO4. The first-order chi connectivity index (χ1) is 14.6. The van der Waals surface area contributed by atoms with E-state index in [2.05, 4.69) is 0 Å². The lowest BCUT2D eigenvalue weighted by Gasteiger charge is -2.51. The molecule has 1 unspecified atom stereocenters. The maximum atomic E-state index is 13.7. The van der Waals surface area contributed by atoms with E-state index in [0.717, 1.165) is 11.1 Å². The lowest BCUT2D eigenvalue weighted by Crippen LogP contribution is -2.57. The summed E-state index contributed by atoms with van der Waals surface area (Å²) in [5, 5.41) is 10.6. The van der Waals surface area contributed by atoms with Crippen molar-refractivity contribution >= 4 is 23.5 Å². The minimum Gasteiger partial charge on any atom is -0.480 e. The van der Waals surface area contributed by atoms with Crippen molar-refractivity contribution in [3.63, 3.8) is 0 Å². The molecule has 0 spiro atoms. The number of carbonyl (C=O) groups excluding carboxylic acids is 2. The normalized spacial score (nSPS) is 28.1. The zero-order valence-electron chi connectivity index (χ0n) is 15.9. The fourth-order valence-corrected chi connectivity index (χ4v) is 5.97. The van der Waals surface area contributed by atoms with Crippen LogP contribution in [0.15, 0.2) is 78.9 Å². The van der Waals surface area contributed by atoms with Crippen LogP contribution in [0.3, 0.4) is 0 Å². The van der Waals surface area contributed by atoms with Gasteiger partial charge in [0, 0.05) is 5.92 Å². The summed E-state index contributed by atoms with van der Waals surface area (Å²) in [7, 11) is 0. The van der Waals surface area contributed by atoms with Gasteiger partial charge in [-0.25, -0.2) is 4.90 Å². The second-order valence-corrected chi connectivity index (χ2v) is 8.12. The zero-order valence-corrected chi connectivity index (χ0v) is 15.9. The number of hydrogen-bond acceptors (Lipinski definition) is 3. The van der Waals surface area contributed by atoms with Crippen molar-refractivity contribution in [1.82, 2.24) is 0 Å². The molecule has 1 aliphatic heterocycles. The van der Waals surface area contributed by atoms with Gasteiger partial charge in [0.2, 0.25) is 11.8 Å². The Morgan fingerprint density at radius 2 is 1.30 bits per heavy atom. The fourth-order valence-electron chi connectivity index (χ4n) is 5.97. The van der Waals surface area contributed by atoms with Crippen LogP contribution in [0.5, 0.6) is 0 Å². The first kappa shape index (κ1) is 17.2. The Bertz CT molecular complexity index is 1200. The smallest absolute Gasteiger partial charge is 0.319 e. The van der Waals surface area contributed by atoms with Crippen LogP contribution in [0.1, 0.15) is 28.2 Å². The number of aliphatic carboxylic acids is 1. The first-order valence-electron chi connectivity index (χ1n) is 9.93. The number of anilines is 1. The molecule has 5 nitrogen and oxygen atoms in total. The van der Waals surface area contributed by atoms with Gasteiger partial charge in [-0.05, 0) is 34.4 Å². The molecule has 3 aromatic carbocycles. The molecule has 2 bridgehead atoms. The monoisotopic (exact) mass is 395 g/mol. The minimum absolute atomic E-state index is 0.323. The van der Waals surface area contributed by atoms with Crippen molar-refractivity contribution in [3.05, 3.63) is 101 Å². The average molecular weight is 395 g/mol.